The normalized spacial score (nSPS) is 20.2. The Bertz CT molecular complexity index is 412. The van der Waals surface area contributed by atoms with Gasteiger partial charge in [-0.15, -0.1) is 0 Å². The molecular weight excluding hydrogens is 262 g/mol. The van der Waals surface area contributed by atoms with E-state index < -0.39 is 0 Å². The summed E-state index contributed by atoms with van der Waals surface area (Å²) in [6, 6.07) is 0.458. The molecule has 19 heavy (non-hydrogen) atoms. The Kier molecular flexibility index (Phi) is 5.19. The number of rotatable bonds is 4. The first-order chi connectivity index (χ1) is 9.20. The van der Waals surface area contributed by atoms with Crippen molar-refractivity contribution in [1.29, 1.82) is 0 Å². The van der Waals surface area contributed by atoms with E-state index in [-0.39, 0.29) is 5.28 Å². The van der Waals surface area contributed by atoms with Crippen LogP contribution in [0.25, 0.3) is 0 Å². The van der Waals surface area contributed by atoms with Gasteiger partial charge in [0.1, 0.15) is 0 Å². The molecular formula is C13H22ClN5. The number of anilines is 2. The molecule has 1 N–H and O–H groups in total. The largest absolute Gasteiger partial charge is 0.354 e. The standard InChI is InChI=1S/C13H22ClN5/c1-3-8-15-12-16-11(14)17-13(18-12)19-9-6-4-5-7-10(19)2/h10H,3-9H2,1-2H3,(H,15,16,17,18). The molecule has 1 saturated heterocycles. The van der Waals surface area contributed by atoms with E-state index in [1.807, 2.05) is 0 Å². The second-order valence-corrected chi connectivity index (χ2v) is 5.38. The highest BCUT2D eigenvalue weighted by Crippen LogP contribution is 2.22. The van der Waals surface area contributed by atoms with E-state index in [1.54, 1.807) is 0 Å². The van der Waals surface area contributed by atoms with Crippen LogP contribution in [0.5, 0.6) is 0 Å². The van der Waals surface area contributed by atoms with Crippen molar-refractivity contribution >= 4 is 23.5 Å². The van der Waals surface area contributed by atoms with Gasteiger partial charge in [0.2, 0.25) is 17.2 Å². The Morgan fingerprint density at radius 2 is 2.11 bits per heavy atom. The van der Waals surface area contributed by atoms with Crippen LogP contribution in [0.3, 0.4) is 0 Å². The van der Waals surface area contributed by atoms with Crippen LogP contribution in [-0.2, 0) is 0 Å². The minimum absolute atomic E-state index is 0.264. The van der Waals surface area contributed by atoms with Crippen LogP contribution in [0.4, 0.5) is 11.9 Å². The molecule has 0 amide bonds. The predicted octanol–water partition coefficient (Wildman–Crippen LogP) is 3.12. The summed E-state index contributed by atoms with van der Waals surface area (Å²) in [4.78, 5) is 15.1. The van der Waals surface area contributed by atoms with Crippen LogP contribution in [0.2, 0.25) is 5.28 Å². The summed E-state index contributed by atoms with van der Waals surface area (Å²) < 4.78 is 0. The van der Waals surface area contributed by atoms with Crippen molar-refractivity contribution in [3.63, 3.8) is 0 Å². The second-order valence-electron chi connectivity index (χ2n) is 5.05. The van der Waals surface area contributed by atoms with Gasteiger partial charge in [-0.1, -0.05) is 19.8 Å². The molecule has 1 atom stereocenters. The third-order valence-electron chi connectivity index (χ3n) is 3.44. The van der Waals surface area contributed by atoms with Gasteiger partial charge in [-0.25, -0.2) is 0 Å². The molecule has 0 spiro atoms. The van der Waals surface area contributed by atoms with E-state index in [0.29, 0.717) is 17.9 Å². The number of hydrogen-bond acceptors (Lipinski definition) is 5. The van der Waals surface area contributed by atoms with Gasteiger partial charge in [0.25, 0.3) is 0 Å². The summed E-state index contributed by atoms with van der Waals surface area (Å²) in [6.07, 6.45) is 5.95. The van der Waals surface area contributed by atoms with Gasteiger partial charge in [-0.2, -0.15) is 15.0 Å². The molecule has 1 aromatic rings. The van der Waals surface area contributed by atoms with Gasteiger partial charge in [0, 0.05) is 19.1 Å². The molecule has 0 radical (unpaired) electrons. The van der Waals surface area contributed by atoms with Crippen molar-refractivity contribution in [2.24, 2.45) is 0 Å². The Hall–Kier alpha value is -1.10. The second kappa shape index (κ2) is 6.89. The first-order valence-corrected chi connectivity index (χ1v) is 7.50. The number of hydrogen-bond donors (Lipinski definition) is 1. The molecule has 0 aliphatic carbocycles. The van der Waals surface area contributed by atoms with Crippen LogP contribution < -0.4 is 10.2 Å². The maximum atomic E-state index is 6.01. The van der Waals surface area contributed by atoms with Gasteiger partial charge in [0.05, 0.1) is 0 Å². The third kappa shape index (κ3) is 3.93. The minimum Gasteiger partial charge on any atom is -0.354 e. The number of aromatic nitrogens is 3. The average molecular weight is 284 g/mol. The van der Waals surface area contributed by atoms with E-state index >= 15 is 0 Å². The predicted molar refractivity (Wildman–Crippen MR) is 78.9 cm³/mol. The van der Waals surface area contributed by atoms with E-state index in [0.717, 1.165) is 19.5 Å². The molecule has 2 rings (SSSR count). The first kappa shape index (κ1) is 14.3. The summed E-state index contributed by atoms with van der Waals surface area (Å²) in [5, 5.41) is 3.44. The van der Waals surface area contributed by atoms with Crippen LogP contribution in [0.1, 0.15) is 46.0 Å². The van der Waals surface area contributed by atoms with Gasteiger partial charge in [-0.3, -0.25) is 0 Å². The summed E-state index contributed by atoms with van der Waals surface area (Å²) in [5.41, 5.74) is 0. The topological polar surface area (TPSA) is 53.9 Å². The van der Waals surface area contributed by atoms with Crippen molar-refractivity contribution in [1.82, 2.24) is 15.0 Å². The molecule has 0 bridgehead atoms. The maximum Gasteiger partial charge on any atom is 0.231 e. The van der Waals surface area contributed by atoms with Crippen LogP contribution in [-0.4, -0.2) is 34.1 Å². The van der Waals surface area contributed by atoms with Gasteiger partial charge < -0.3 is 10.2 Å². The monoisotopic (exact) mass is 283 g/mol. The lowest BCUT2D eigenvalue weighted by Gasteiger charge is -2.27. The fraction of sp³-hybridized carbons (Fsp3) is 0.769. The number of nitrogens with one attached hydrogen (secondary N) is 1. The molecule has 2 heterocycles. The smallest absolute Gasteiger partial charge is 0.231 e. The lowest BCUT2D eigenvalue weighted by Crippen LogP contribution is -2.34. The molecule has 0 saturated carbocycles. The fourth-order valence-electron chi connectivity index (χ4n) is 2.36. The number of halogens is 1. The quantitative estimate of drug-likeness (QED) is 0.920. The molecule has 1 aliphatic rings. The summed E-state index contributed by atoms with van der Waals surface area (Å²) in [5.74, 6) is 1.28. The summed E-state index contributed by atoms with van der Waals surface area (Å²) in [6.45, 7) is 6.17. The lowest BCUT2D eigenvalue weighted by molar-refractivity contribution is 0.604. The maximum absolute atomic E-state index is 6.01. The van der Waals surface area contributed by atoms with Crippen molar-refractivity contribution < 1.29 is 0 Å². The van der Waals surface area contributed by atoms with Crippen molar-refractivity contribution in [3.8, 4) is 0 Å². The van der Waals surface area contributed by atoms with Crippen molar-refractivity contribution in [2.45, 2.75) is 52.0 Å². The average Bonchev–Trinajstić information content (AvgIpc) is 2.60. The Morgan fingerprint density at radius 1 is 1.26 bits per heavy atom. The van der Waals surface area contributed by atoms with Gasteiger partial charge in [-0.05, 0) is 37.8 Å². The van der Waals surface area contributed by atoms with E-state index in [4.69, 9.17) is 11.6 Å². The number of nitrogens with zero attached hydrogens (tertiary/aromatic N) is 4. The Morgan fingerprint density at radius 3 is 2.89 bits per heavy atom. The first-order valence-electron chi connectivity index (χ1n) is 7.12. The zero-order valence-corrected chi connectivity index (χ0v) is 12.4. The molecule has 1 aliphatic heterocycles. The van der Waals surface area contributed by atoms with Gasteiger partial charge in [0.15, 0.2) is 0 Å². The highest BCUT2D eigenvalue weighted by Gasteiger charge is 2.20. The fourth-order valence-corrected chi connectivity index (χ4v) is 2.51. The van der Waals surface area contributed by atoms with E-state index in [2.05, 4.69) is 39.0 Å². The Balaban J connectivity index is 2.19. The zero-order valence-electron chi connectivity index (χ0n) is 11.7. The molecule has 1 aromatic heterocycles. The van der Waals surface area contributed by atoms with Crippen LogP contribution >= 0.6 is 11.6 Å². The van der Waals surface area contributed by atoms with Crippen LogP contribution in [0, 0.1) is 0 Å². The van der Waals surface area contributed by atoms with Crippen molar-refractivity contribution in [3.05, 3.63) is 5.28 Å². The Labute approximate surface area is 119 Å². The SMILES string of the molecule is CCCNc1nc(Cl)nc(N2CCCCCC2C)n1. The third-order valence-corrected chi connectivity index (χ3v) is 3.61. The van der Waals surface area contributed by atoms with Crippen molar-refractivity contribution in [2.75, 3.05) is 23.3 Å². The minimum atomic E-state index is 0.264. The molecule has 6 heteroatoms. The highest BCUT2D eigenvalue weighted by atomic mass is 35.5. The molecule has 5 nitrogen and oxygen atoms in total. The van der Waals surface area contributed by atoms with E-state index in [1.165, 1.54) is 25.7 Å². The highest BCUT2D eigenvalue weighted by molar-refractivity contribution is 6.28. The lowest BCUT2D eigenvalue weighted by atomic mass is 10.1. The summed E-state index contributed by atoms with van der Waals surface area (Å²) in [7, 11) is 0. The zero-order chi connectivity index (χ0) is 13.7. The molecule has 106 valence electrons. The molecule has 1 unspecified atom stereocenters. The van der Waals surface area contributed by atoms with Gasteiger partial charge >= 0.3 is 0 Å². The molecule has 0 aromatic carbocycles. The van der Waals surface area contributed by atoms with Crippen LogP contribution in [0.15, 0.2) is 0 Å². The summed E-state index contributed by atoms with van der Waals surface area (Å²) >= 11 is 6.01. The van der Waals surface area contributed by atoms with E-state index in [9.17, 15) is 0 Å². The molecule has 1 fully saturated rings.